The molecule has 1 fully saturated rings. The van der Waals surface area contributed by atoms with E-state index in [2.05, 4.69) is 10.2 Å². The van der Waals surface area contributed by atoms with Gasteiger partial charge in [0.2, 0.25) is 0 Å². The van der Waals surface area contributed by atoms with Crippen molar-refractivity contribution in [3.05, 3.63) is 29.8 Å². The number of nitrogens with one attached hydrogen (secondary N) is 1. The maximum absolute atomic E-state index is 12.1. The second kappa shape index (κ2) is 7.11. The summed E-state index contributed by atoms with van der Waals surface area (Å²) in [5, 5.41) is 0. The average molecular weight is 304 g/mol. The molecule has 0 radical (unpaired) electrons. The van der Waals surface area contributed by atoms with E-state index in [9.17, 15) is 13.2 Å². The molecule has 118 valence electrons. The first-order valence-corrected chi connectivity index (χ1v) is 6.86. The Labute approximate surface area is 121 Å². The summed E-state index contributed by atoms with van der Waals surface area (Å²) in [4.78, 5) is 0. The van der Waals surface area contributed by atoms with Crippen LogP contribution in [0.4, 0.5) is 13.2 Å². The molecule has 1 aliphatic heterocycles. The number of alkyl halides is 3. The van der Waals surface area contributed by atoms with Gasteiger partial charge in [-0.05, 0) is 42.9 Å². The van der Waals surface area contributed by atoms with Gasteiger partial charge in [-0.3, -0.25) is 11.3 Å². The van der Waals surface area contributed by atoms with Crippen molar-refractivity contribution < 1.29 is 22.6 Å². The van der Waals surface area contributed by atoms with Crippen molar-refractivity contribution >= 4 is 0 Å². The molecule has 0 aromatic heterocycles. The summed E-state index contributed by atoms with van der Waals surface area (Å²) >= 11 is 0. The quantitative estimate of drug-likeness (QED) is 0.648. The van der Waals surface area contributed by atoms with Crippen LogP contribution < -0.4 is 16.0 Å². The zero-order valence-corrected chi connectivity index (χ0v) is 11.5. The van der Waals surface area contributed by atoms with Gasteiger partial charge < -0.3 is 9.47 Å². The summed E-state index contributed by atoms with van der Waals surface area (Å²) in [6, 6.07) is 5.99. The lowest BCUT2D eigenvalue weighted by atomic mass is 9.88. The van der Waals surface area contributed by atoms with Crippen molar-refractivity contribution in [2.24, 2.45) is 11.8 Å². The molecular formula is C14H19F3N2O2. The highest BCUT2D eigenvalue weighted by atomic mass is 19.4. The van der Waals surface area contributed by atoms with Crippen molar-refractivity contribution in [2.75, 3.05) is 13.2 Å². The summed E-state index contributed by atoms with van der Waals surface area (Å²) in [6.45, 7) is 1.45. The summed E-state index contributed by atoms with van der Waals surface area (Å²) in [5.41, 5.74) is 3.72. The normalized spacial score (nSPS) is 18.5. The zero-order valence-electron chi connectivity index (χ0n) is 11.5. The minimum Gasteiger partial charge on any atom is -0.406 e. The Morgan fingerprint density at radius 2 is 1.86 bits per heavy atom. The lowest BCUT2D eigenvalue weighted by Crippen LogP contribution is -2.44. The van der Waals surface area contributed by atoms with Gasteiger partial charge in [-0.15, -0.1) is 13.2 Å². The van der Waals surface area contributed by atoms with Gasteiger partial charge in [-0.25, -0.2) is 0 Å². The molecule has 0 aliphatic carbocycles. The van der Waals surface area contributed by atoms with Crippen LogP contribution in [0.25, 0.3) is 0 Å². The topological polar surface area (TPSA) is 56.5 Å². The van der Waals surface area contributed by atoms with Gasteiger partial charge in [0.05, 0.1) is 0 Å². The zero-order chi connectivity index (χ0) is 15.3. The van der Waals surface area contributed by atoms with Crippen LogP contribution >= 0.6 is 0 Å². The molecular weight excluding hydrogens is 285 g/mol. The smallest absolute Gasteiger partial charge is 0.406 e. The number of hydrogen-bond donors (Lipinski definition) is 2. The first-order chi connectivity index (χ1) is 9.98. The summed E-state index contributed by atoms with van der Waals surface area (Å²) < 4.78 is 45.4. The standard InChI is InChI=1S/C14H19F3N2O2/c15-14(16,17)21-12-3-1-10(2-4-12)9-13(19-18)11-5-7-20-8-6-11/h1-4,11,13,19H,5-9,18H2. The fraction of sp³-hybridized carbons (Fsp3) is 0.571. The third-order valence-corrected chi connectivity index (χ3v) is 3.66. The van der Waals surface area contributed by atoms with Gasteiger partial charge in [-0.1, -0.05) is 12.1 Å². The molecule has 0 saturated carbocycles. The molecule has 0 bridgehead atoms. The van der Waals surface area contributed by atoms with E-state index in [-0.39, 0.29) is 11.8 Å². The van der Waals surface area contributed by atoms with Crippen LogP contribution in [0, 0.1) is 5.92 Å². The van der Waals surface area contributed by atoms with Crippen LogP contribution in [0.2, 0.25) is 0 Å². The molecule has 7 heteroatoms. The number of halogens is 3. The number of ether oxygens (including phenoxy) is 2. The van der Waals surface area contributed by atoms with Crippen LogP contribution in [0.5, 0.6) is 5.75 Å². The van der Waals surface area contributed by atoms with E-state index in [0.717, 1.165) is 31.6 Å². The molecule has 21 heavy (non-hydrogen) atoms. The van der Waals surface area contributed by atoms with E-state index in [1.807, 2.05) is 0 Å². The van der Waals surface area contributed by atoms with Gasteiger partial charge in [-0.2, -0.15) is 0 Å². The third kappa shape index (κ3) is 5.18. The number of hydrazine groups is 1. The predicted octanol–water partition coefficient (Wildman–Crippen LogP) is 2.39. The van der Waals surface area contributed by atoms with Crippen LogP contribution in [0.3, 0.4) is 0 Å². The molecule has 1 heterocycles. The molecule has 4 nitrogen and oxygen atoms in total. The first-order valence-electron chi connectivity index (χ1n) is 6.86. The Balaban J connectivity index is 1.94. The van der Waals surface area contributed by atoms with E-state index in [0.29, 0.717) is 12.3 Å². The Kier molecular flexibility index (Phi) is 5.44. The summed E-state index contributed by atoms with van der Waals surface area (Å²) in [7, 11) is 0. The van der Waals surface area contributed by atoms with Crippen molar-refractivity contribution in [3.8, 4) is 5.75 Å². The van der Waals surface area contributed by atoms with Crippen molar-refractivity contribution in [1.29, 1.82) is 0 Å². The highest BCUT2D eigenvalue weighted by molar-refractivity contribution is 5.28. The fourth-order valence-corrected chi connectivity index (χ4v) is 2.56. The van der Waals surface area contributed by atoms with Gasteiger partial charge in [0.1, 0.15) is 5.75 Å². The Hall–Kier alpha value is -1.31. The van der Waals surface area contributed by atoms with E-state index in [4.69, 9.17) is 10.6 Å². The first kappa shape index (κ1) is 16.1. The number of rotatable bonds is 5. The van der Waals surface area contributed by atoms with Gasteiger partial charge in [0, 0.05) is 19.3 Å². The number of benzene rings is 1. The molecule has 0 spiro atoms. The maximum atomic E-state index is 12.1. The number of hydrogen-bond acceptors (Lipinski definition) is 4. The summed E-state index contributed by atoms with van der Waals surface area (Å²) in [6.07, 6.45) is -2.13. The van der Waals surface area contributed by atoms with Gasteiger partial charge in [0.15, 0.2) is 0 Å². The average Bonchev–Trinajstić information content (AvgIpc) is 2.46. The highest BCUT2D eigenvalue weighted by Gasteiger charge is 2.31. The summed E-state index contributed by atoms with van der Waals surface area (Å²) in [5.74, 6) is 5.80. The van der Waals surface area contributed by atoms with Crippen molar-refractivity contribution in [3.63, 3.8) is 0 Å². The van der Waals surface area contributed by atoms with Crippen LogP contribution in [-0.2, 0) is 11.2 Å². The minimum absolute atomic E-state index is 0.0864. The monoisotopic (exact) mass is 304 g/mol. The van der Waals surface area contributed by atoms with Crippen molar-refractivity contribution in [1.82, 2.24) is 5.43 Å². The Morgan fingerprint density at radius 1 is 1.24 bits per heavy atom. The fourth-order valence-electron chi connectivity index (χ4n) is 2.56. The van der Waals surface area contributed by atoms with Crippen LogP contribution in [0.1, 0.15) is 18.4 Å². The molecule has 1 saturated heterocycles. The molecule has 0 amide bonds. The Bertz CT molecular complexity index is 431. The van der Waals surface area contributed by atoms with Crippen molar-refractivity contribution in [2.45, 2.75) is 31.7 Å². The molecule has 1 unspecified atom stereocenters. The minimum atomic E-state index is -4.66. The lowest BCUT2D eigenvalue weighted by molar-refractivity contribution is -0.274. The molecule has 1 atom stereocenters. The molecule has 1 aromatic rings. The van der Waals surface area contributed by atoms with E-state index >= 15 is 0 Å². The largest absolute Gasteiger partial charge is 0.573 e. The molecule has 1 aliphatic rings. The maximum Gasteiger partial charge on any atom is 0.573 e. The van der Waals surface area contributed by atoms with Crippen LogP contribution in [-0.4, -0.2) is 25.6 Å². The number of nitrogens with two attached hydrogens (primary N) is 1. The van der Waals surface area contributed by atoms with E-state index in [1.54, 1.807) is 12.1 Å². The van der Waals surface area contributed by atoms with Crippen LogP contribution in [0.15, 0.2) is 24.3 Å². The molecule has 3 N–H and O–H groups in total. The molecule has 2 rings (SSSR count). The lowest BCUT2D eigenvalue weighted by Gasteiger charge is -2.29. The Morgan fingerprint density at radius 3 is 2.38 bits per heavy atom. The highest BCUT2D eigenvalue weighted by Crippen LogP contribution is 2.25. The second-order valence-electron chi connectivity index (χ2n) is 5.12. The van der Waals surface area contributed by atoms with Gasteiger partial charge in [0.25, 0.3) is 0 Å². The van der Waals surface area contributed by atoms with E-state index in [1.165, 1.54) is 12.1 Å². The second-order valence-corrected chi connectivity index (χ2v) is 5.12. The van der Waals surface area contributed by atoms with E-state index < -0.39 is 6.36 Å². The van der Waals surface area contributed by atoms with Gasteiger partial charge >= 0.3 is 6.36 Å². The third-order valence-electron chi connectivity index (χ3n) is 3.66. The molecule has 1 aromatic carbocycles. The predicted molar refractivity (Wildman–Crippen MR) is 71.5 cm³/mol. The SMILES string of the molecule is NNC(Cc1ccc(OC(F)(F)F)cc1)C1CCOCC1.